The summed E-state index contributed by atoms with van der Waals surface area (Å²) in [5.41, 5.74) is 4.03. The largest absolute Gasteiger partial charge is 0.469 e. The van der Waals surface area contributed by atoms with Gasteiger partial charge < -0.3 is 25.0 Å². The fraction of sp³-hybridized carbons (Fsp3) is 0.524. The Labute approximate surface area is 318 Å². The van der Waals surface area contributed by atoms with Crippen LogP contribution in [0.5, 0.6) is 0 Å². The Morgan fingerprint density at radius 1 is 0.943 bits per heavy atom. The number of aryl methyl sites for hydroxylation is 1. The van der Waals surface area contributed by atoms with Gasteiger partial charge in [0.25, 0.3) is 11.8 Å². The molecule has 11 heteroatoms. The Morgan fingerprint density at radius 2 is 1.66 bits per heavy atom. The molecule has 1 aromatic heterocycles. The third kappa shape index (κ3) is 10.5. The van der Waals surface area contributed by atoms with E-state index in [0.29, 0.717) is 29.1 Å². The number of fused-ring (bicyclic) bond motifs is 1. The summed E-state index contributed by atoms with van der Waals surface area (Å²) < 4.78 is 10.4. The van der Waals surface area contributed by atoms with E-state index in [4.69, 9.17) is 9.47 Å². The van der Waals surface area contributed by atoms with E-state index in [0.717, 1.165) is 99.5 Å². The second-order valence-corrected chi connectivity index (χ2v) is 15.9. The summed E-state index contributed by atoms with van der Waals surface area (Å²) in [6.45, 7) is 12.5. The zero-order chi connectivity index (χ0) is 38.0. The molecule has 0 unspecified atom stereocenters. The van der Waals surface area contributed by atoms with Crippen LogP contribution in [-0.4, -0.2) is 79.5 Å². The quantitative estimate of drug-likeness (QED) is 0.146. The van der Waals surface area contributed by atoms with Gasteiger partial charge in [-0.15, -0.1) is 11.3 Å². The van der Waals surface area contributed by atoms with Crippen molar-refractivity contribution in [2.45, 2.75) is 98.1 Å². The molecular formula is C42H56N4O6S. The minimum atomic E-state index is -0.771. The summed E-state index contributed by atoms with van der Waals surface area (Å²) >= 11 is 1.49. The Kier molecular flexibility index (Phi) is 14.2. The fourth-order valence-electron chi connectivity index (χ4n) is 7.23. The molecule has 10 nitrogen and oxygen atoms in total. The van der Waals surface area contributed by atoms with Crippen LogP contribution in [0.15, 0.2) is 48.5 Å². The summed E-state index contributed by atoms with van der Waals surface area (Å²) in [6, 6.07) is 15.4. The van der Waals surface area contributed by atoms with E-state index in [1.54, 1.807) is 19.9 Å². The molecule has 2 aliphatic rings. The molecule has 1 aliphatic heterocycles. The molecule has 2 aromatic carbocycles. The number of amides is 3. The van der Waals surface area contributed by atoms with Gasteiger partial charge in [-0.25, -0.2) is 0 Å². The number of morpholine rings is 1. The lowest BCUT2D eigenvalue weighted by Crippen LogP contribution is -2.40. The predicted octanol–water partition coefficient (Wildman–Crippen LogP) is 7.50. The van der Waals surface area contributed by atoms with Crippen LogP contribution in [0.2, 0.25) is 0 Å². The molecule has 5 rings (SSSR count). The first-order valence-electron chi connectivity index (χ1n) is 19.2. The summed E-state index contributed by atoms with van der Waals surface area (Å²) in [5.74, 6) is -0.892. The van der Waals surface area contributed by atoms with Gasteiger partial charge in [-0.3, -0.25) is 24.1 Å². The lowest BCUT2D eigenvalue weighted by atomic mass is 9.87. The number of ether oxygens (including phenoxy) is 2. The number of rotatable bonds is 16. The molecule has 0 spiro atoms. The smallest absolute Gasteiger partial charge is 0.311 e. The van der Waals surface area contributed by atoms with Crippen molar-refractivity contribution in [2.75, 3.05) is 50.6 Å². The van der Waals surface area contributed by atoms with Crippen molar-refractivity contribution in [2.24, 2.45) is 5.41 Å². The number of nitrogens with one attached hydrogen (secondary N) is 2. The number of methoxy groups -OCH3 is 1. The summed E-state index contributed by atoms with van der Waals surface area (Å²) in [7, 11) is 1.36. The maximum absolute atomic E-state index is 13.9. The van der Waals surface area contributed by atoms with Crippen LogP contribution in [0, 0.1) is 5.41 Å². The Hall–Kier alpha value is -4.06. The third-order valence-electron chi connectivity index (χ3n) is 10.6. The minimum absolute atomic E-state index is 0.0195. The van der Waals surface area contributed by atoms with Gasteiger partial charge in [-0.1, -0.05) is 38.1 Å². The number of anilines is 2. The lowest BCUT2D eigenvalue weighted by Gasteiger charge is -2.32. The van der Waals surface area contributed by atoms with Gasteiger partial charge in [0.15, 0.2) is 0 Å². The lowest BCUT2D eigenvalue weighted by molar-refractivity contribution is -0.151. The zero-order valence-corrected chi connectivity index (χ0v) is 32.9. The summed E-state index contributed by atoms with van der Waals surface area (Å²) in [4.78, 5) is 59.0. The molecule has 0 atom stereocenters. The van der Waals surface area contributed by atoms with E-state index < -0.39 is 5.41 Å². The maximum Gasteiger partial charge on any atom is 0.311 e. The first-order chi connectivity index (χ1) is 25.5. The molecule has 3 aromatic rings. The van der Waals surface area contributed by atoms with Crippen LogP contribution in [0.3, 0.4) is 0 Å². The van der Waals surface area contributed by atoms with Crippen molar-refractivity contribution in [1.82, 2.24) is 9.80 Å². The number of benzene rings is 2. The van der Waals surface area contributed by atoms with Gasteiger partial charge >= 0.3 is 5.97 Å². The molecule has 0 radical (unpaired) electrons. The van der Waals surface area contributed by atoms with E-state index in [2.05, 4.69) is 41.5 Å². The van der Waals surface area contributed by atoms with Crippen LogP contribution in [0.25, 0.3) is 0 Å². The molecule has 2 N–H and O–H groups in total. The van der Waals surface area contributed by atoms with Crippen molar-refractivity contribution in [3.63, 3.8) is 0 Å². The number of carbonyl (C=O) groups excluding carboxylic acids is 4. The number of thiophene rings is 1. The minimum Gasteiger partial charge on any atom is -0.469 e. The van der Waals surface area contributed by atoms with E-state index in [-0.39, 0.29) is 36.2 Å². The molecule has 1 fully saturated rings. The van der Waals surface area contributed by atoms with Gasteiger partial charge in [0.1, 0.15) is 5.00 Å². The maximum atomic E-state index is 13.9. The highest BCUT2D eigenvalue weighted by Crippen LogP contribution is 2.39. The number of hydrogen-bond acceptors (Lipinski definition) is 8. The highest BCUT2D eigenvalue weighted by atomic mass is 32.1. The van der Waals surface area contributed by atoms with Crippen molar-refractivity contribution in [3.05, 3.63) is 81.2 Å². The highest BCUT2D eigenvalue weighted by molar-refractivity contribution is 7.17. The molecule has 53 heavy (non-hydrogen) atoms. The standard InChI is InChI=1S/C42H56N4O6S/c1-6-33(7-2)46(36(47)19-21-42(3,4)41(50)51-5)28-30-11-10-12-31(27-30)38(48)44-40-37(34-13-8-9-14-35(34)53-40)39(49)43-32-17-15-29(16-18-32)20-22-45-23-25-52-26-24-45/h10-12,15-18,27,33H,6-9,13-14,19-26,28H2,1-5H3,(H,43,49)(H,44,48). The van der Waals surface area contributed by atoms with Gasteiger partial charge in [-0.2, -0.15) is 0 Å². The number of carbonyl (C=O) groups is 4. The van der Waals surface area contributed by atoms with Crippen molar-refractivity contribution in [3.8, 4) is 0 Å². The molecule has 0 saturated carbocycles. The van der Waals surface area contributed by atoms with Crippen LogP contribution in [-0.2, 0) is 44.9 Å². The van der Waals surface area contributed by atoms with Crippen LogP contribution in [0.4, 0.5) is 10.7 Å². The van der Waals surface area contributed by atoms with Gasteiger partial charge in [0, 0.05) is 54.8 Å². The van der Waals surface area contributed by atoms with E-state index in [1.165, 1.54) is 24.0 Å². The van der Waals surface area contributed by atoms with Gasteiger partial charge in [-0.05, 0) is 106 Å². The number of esters is 1. The van der Waals surface area contributed by atoms with Crippen molar-refractivity contribution < 1.29 is 28.7 Å². The molecule has 286 valence electrons. The highest BCUT2D eigenvalue weighted by Gasteiger charge is 2.31. The van der Waals surface area contributed by atoms with Crippen molar-refractivity contribution in [1.29, 1.82) is 0 Å². The Balaban J connectivity index is 1.28. The second-order valence-electron chi connectivity index (χ2n) is 14.8. The van der Waals surface area contributed by atoms with Gasteiger partial charge in [0.05, 0.1) is 31.3 Å². The normalized spacial score (nSPS) is 14.8. The second kappa shape index (κ2) is 18.8. The Bertz CT molecular complexity index is 1730. The molecular weight excluding hydrogens is 689 g/mol. The first kappa shape index (κ1) is 40.1. The topological polar surface area (TPSA) is 117 Å². The molecule has 1 aliphatic carbocycles. The Morgan fingerprint density at radius 3 is 2.36 bits per heavy atom. The van der Waals surface area contributed by atoms with Crippen LogP contribution in [0.1, 0.15) is 109 Å². The monoisotopic (exact) mass is 744 g/mol. The molecule has 0 bridgehead atoms. The number of hydrogen-bond donors (Lipinski definition) is 2. The van der Waals surface area contributed by atoms with E-state index >= 15 is 0 Å². The average Bonchev–Trinajstić information content (AvgIpc) is 3.54. The van der Waals surface area contributed by atoms with Crippen molar-refractivity contribution >= 4 is 45.7 Å². The van der Waals surface area contributed by atoms with Crippen LogP contribution < -0.4 is 10.6 Å². The third-order valence-corrected chi connectivity index (χ3v) is 11.8. The first-order valence-corrected chi connectivity index (χ1v) is 20.0. The molecule has 2 heterocycles. The molecule has 1 saturated heterocycles. The summed E-state index contributed by atoms with van der Waals surface area (Å²) in [5, 5.41) is 6.75. The predicted molar refractivity (Wildman–Crippen MR) is 211 cm³/mol. The molecule has 3 amide bonds. The number of nitrogens with zero attached hydrogens (tertiary/aromatic N) is 2. The fourth-order valence-corrected chi connectivity index (χ4v) is 8.51. The average molecular weight is 745 g/mol. The van der Waals surface area contributed by atoms with Crippen LogP contribution >= 0.6 is 11.3 Å². The van der Waals surface area contributed by atoms with E-state index in [9.17, 15) is 19.2 Å². The SMILES string of the molecule is CCC(CC)N(Cc1cccc(C(=O)Nc2sc3c(c2C(=O)Nc2ccc(CCN4CCOCC4)cc2)CCCC3)c1)C(=O)CCC(C)(C)C(=O)OC. The zero-order valence-electron chi connectivity index (χ0n) is 32.1. The summed E-state index contributed by atoms with van der Waals surface area (Å²) in [6.07, 6.45) is 6.85. The van der Waals surface area contributed by atoms with E-state index in [1.807, 2.05) is 35.2 Å². The van der Waals surface area contributed by atoms with Gasteiger partial charge in [0.2, 0.25) is 5.91 Å².